The second-order valence-electron chi connectivity index (χ2n) is 11.7. The molecule has 1 amide bonds. The van der Waals surface area contributed by atoms with E-state index in [0.29, 0.717) is 39.3 Å². The number of fused-ring (bicyclic) bond motifs is 5. The maximum Gasteiger partial charge on any atom is 0.274 e. The minimum absolute atomic E-state index is 0.110. The molecule has 0 spiro atoms. The van der Waals surface area contributed by atoms with E-state index in [2.05, 4.69) is 32.5 Å². The van der Waals surface area contributed by atoms with Crippen LogP contribution in [0.2, 0.25) is 0 Å². The van der Waals surface area contributed by atoms with Gasteiger partial charge in [0.05, 0.1) is 22.4 Å². The zero-order valence-corrected chi connectivity index (χ0v) is 24.5. The third-order valence-corrected chi connectivity index (χ3v) is 10.2. The number of thiophene rings is 1. The Morgan fingerprint density at radius 3 is 2.52 bits per heavy atom. The number of carbonyl (C=O) groups is 1. The van der Waals surface area contributed by atoms with Gasteiger partial charge >= 0.3 is 0 Å². The van der Waals surface area contributed by atoms with E-state index >= 15 is 0 Å². The third kappa shape index (κ3) is 4.98. The number of nitrogens with zero attached hydrogens (tertiary/aromatic N) is 4. The molecule has 4 heterocycles. The van der Waals surface area contributed by atoms with Crippen molar-refractivity contribution in [2.75, 3.05) is 48.8 Å². The van der Waals surface area contributed by atoms with Crippen molar-refractivity contribution in [1.82, 2.24) is 14.5 Å². The number of aryl methyl sites for hydroxylation is 1. The van der Waals surface area contributed by atoms with Crippen LogP contribution in [0.15, 0.2) is 59.7 Å². The highest BCUT2D eigenvalue weighted by molar-refractivity contribution is 7.14. The van der Waals surface area contributed by atoms with Gasteiger partial charge in [-0.05, 0) is 85.7 Å². The lowest BCUT2D eigenvalue weighted by Gasteiger charge is -2.33. The van der Waals surface area contributed by atoms with Crippen molar-refractivity contribution in [3.8, 4) is 11.1 Å². The molecule has 2 atom stereocenters. The predicted octanol–water partition coefficient (Wildman–Crippen LogP) is 5.76. The Kier molecular flexibility index (Phi) is 6.82. The smallest absolute Gasteiger partial charge is 0.274 e. The second-order valence-corrected chi connectivity index (χ2v) is 12.7. The standard InChI is InChI=1S/C32H33FN6O2S/c1-37-9-11-39(12-10-37)23-6-8-29(34-17-23)35-27-15-22(18-38(2)32(27)41)19-5-7-25(33)26(14-19)36-31(40)28-16-24-20-3-4-21(13-20)30(24)42-28/h5-8,14-18,20-21H,3-4,9-13H2,1-2H3,(H,34,35)(H,36,40)/t20-,21-/m0/s1. The molecule has 2 N–H and O–H groups in total. The Labute approximate surface area is 247 Å². The first-order valence-electron chi connectivity index (χ1n) is 14.4. The first-order chi connectivity index (χ1) is 20.3. The molecule has 2 bridgehead atoms. The number of carbonyl (C=O) groups excluding carboxylic acids is 1. The van der Waals surface area contributed by atoms with Gasteiger partial charge in [0.1, 0.15) is 17.3 Å². The maximum absolute atomic E-state index is 14.9. The molecule has 1 saturated heterocycles. The molecule has 0 unspecified atom stereocenters. The van der Waals surface area contributed by atoms with Crippen LogP contribution in [0.4, 0.5) is 27.3 Å². The lowest BCUT2D eigenvalue weighted by atomic mass is 9.99. The van der Waals surface area contributed by atoms with Crippen LogP contribution in [0.3, 0.4) is 0 Å². The lowest BCUT2D eigenvalue weighted by Crippen LogP contribution is -2.44. The fraction of sp³-hybridized carbons (Fsp3) is 0.344. The van der Waals surface area contributed by atoms with Crippen LogP contribution >= 0.6 is 11.3 Å². The molecule has 42 heavy (non-hydrogen) atoms. The largest absolute Gasteiger partial charge is 0.368 e. The van der Waals surface area contributed by atoms with E-state index in [1.165, 1.54) is 40.3 Å². The summed E-state index contributed by atoms with van der Waals surface area (Å²) in [6, 6.07) is 12.2. The third-order valence-electron chi connectivity index (χ3n) is 8.87. The summed E-state index contributed by atoms with van der Waals surface area (Å²) < 4.78 is 16.3. The summed E-state index contributed by atoms with van der Waals surface area (Å²) in [6.45, 7) is 3.91. The number of likely N-dealkylation sites (N-methyl/N-ethyl adjacent to an activating group) is 1. The van der Waals surface area contributed by atoms with Gasteiger partial charge in [-0.15, -0.1) is 11.3 Å². The van der Waals surface area contributed by atoms with Gasteiger partial charge in [-0.1, -0.05) is 6.07 Å². The summed E-state index contributed by atoms with van der Waals surface area (Å²) in [6.07, 6.45) is 7.12. The van der Waals surface area contributed by atoms with Crippen LogP contribution < -0.4 is 21.1 Å². The quantitative estimate of drug-likeness (QED) is 0.300. The Balaban J connectivity index is 1.10. The molecule has 10 heteroatoms. The number of rotatable bonds is 6. The van der Waals surface area contributed by atoms with Gasteiger partial charge in [0.25, 0.3) is 11.5 Å². The van der Waals surface area contributed by atoms with Gasteiger partial charge in [0.15, 0.2) is 0 Å². The number of halogens is 1. The number of amides is 1. The van der Waals surface area contributed by atoms with Gasteiger partial charge in [-0.25, -0.2) is 9.37 Å². The van der Waals surface area contributed by atoms with Crippen LogP contribution in [0.1, 0.15) is 51.2 Å². The van der Waals surface area contributed by atoms with Crippen molar-refractivity contribution in [3.63, 3.8) is 0 Å². The molecule has 4 aromatic rings. The van der Waals surface area contributed by atoms with Crippen LogP contribution in [0, 0.1) is 5.82 Å². The van der Waals surface area contributed by atoms with Crippen molar-refractivity contribution in [3.05, 3.63) is 86.3 Å². The summed E-state index contributed by atoms with van der Waals surface area (Å²) >= 11 is 1.54. The number of benzene rings is 1. The molecule has 3 aliphatic rings. The first kappa shape index (κ1) is 26.9. The second kappa shape index (κ2) is 10.7. The lowest BCUT2D eigenvalue weighted by molar-refractivity contribution is 0.103. The monoisotopic (exact) mass is 584 g/mol. The molecule has 2 fully saturated rings. The van der Waals surface area contributed by atoms with Crippen LogP contribution in [0.5, 0.6) is 0 Å². The van der Waals surface area contributed by atoms with Gasteiger partial charge in [-0.2, -0.15) is 0 Å². The van der Waals surface area contributed by atoms with E-state index in [1.807, 2.05) is 24.4 Å². The minimum atomic E-state index is -0.510. The van der Waals surface area contributed by atoms with E-state index in [4.69, 9.17) is 0 Å². The molecule has 2 aliphatic carbocycles. The highest BCUT2D eigenvalue weighted by Gasteiger charge is 2.39. The van der Waals surface area contributed by atoms with Crippen LogP contribution in [-0.2, 0) is 7.05 Å². The summed E-state index contributed by atoms with van der Waals surface area (Å²) in [5.41, 5.74) is 4.00. The number of pyridine rings is 2. The van der Waals surface area contributed by atoms with Crippen molar-refractivity contribution in [2.24, 2.45) is 7.05 Å². The van der Waals surface area contributed by atoms with E-state index in [9.17, 15) is 14.0 Å². The van der Waals surface area contributed by atoms with Crippen molar-refractivity contribution in [2.45, 2.75) is 31.1 Å². The minimum Gasteiger partial charge on any atom is -0.368 e. The molecule has 1 saturated carbocycles. The molecule has 7 rings (SSSR count). The van der Waals surface area contributed by atoms with Crippen LogP contribution in [0.25, 0.3) is 11.1 Å². The van der Waals surface area contributed by atoms with E-state index in [-0.39, 0.29) is 17.2 Å². The van der Waals surface area contributed by atoms with Crippen molar-refractivity contribution in [1.29, 1.82) is 0 Å². The highest BCUT2D eigenvalue weighted by atomic mass is 32.1. The Hall–Kier alpha value is -4.02. The molecule has 216 valence electrons. The van der Waals surface area contributed by atoms with E-state index < -0.39 is 5.82 Å². The summed E-state index contributed by atoms with van der Waals surface area (Å²) in [5.74, 6) is 0.906. The van der Waals surface area contributed by atoms with Crippen molar-refractivity contribution < 1.29 is 9.18 Å². The highest BCUT2D eigenvalue weighted by Crippen LogP contribution is 2.55. The van der Waals surface area contributed by atoms with E-state index in [0.717, 1.165) is 31.9 Å². The SMILES string of the molecule is CN1CCN(c2ccc(Nc3cc(-c4ccc(F)c(NC(=O)c5cc6c(s5)[C@H]5CC[C@H]6C5)c4)cn(C)c3=O)nc2)CC1. The molecular formula is C32H33FN6O2S. The zero-order valence-electron chi connectivity index (χ0n) is 23.7. The predicted molar refractivity (Wildman–Crippen MR) is 166 cm³/mol. The fourth-order valence-corrected chi connectivity index (χ4v) is 7.76. The van der Waals surface area contributed by atoms with Gasteiger partial charge in [0, 0.05) is 49.9 Å². The molecule has 0 radical (unpaired) electrons. The number of hydrogen-bond donors (Lipinski definition) is 2. The maximum atomic E-state index is 14.9. The van der Waals surface area contributed by atoms with E-state index in [1.54, 1.807) is 42.8 Å². The normalized spacial score (nSPS) is 19.6. The topological polar surface area (TPSA) is 82.5 Å². The Morgan fingerprint density at radius 2 is 1.76 bits per heavy atom. The number of piperazine rings is 1. The van der Waals surface area contributed by atoms with Crippen molar-refractivity contribution >= 4 is 40.1 Å². The average molecular weight is 585 g/mol. The summed E-state index contributed by atoms with van der Waals surface area (Å²) in [5, 5.41) is 5.94. The Morgan fingerprint density at radius 1 is 0.976 bits per heavy atom. The average Bonchev–Trinajstić information content (AvgIpc) is 3.72. The number of aromatic nitrogens is 2. The van der Waals surface area contributed by atoms with Gasteiger partial charge in [-0.3, -0.25) is 9.59 Å². The first-order valence-corrected chi connectivity index (χ1v) is 15.3. The zero-order chi connectivity index (χ0) is 29.0. The fourth-order valence-electron chi connectivity index (χ4n) is 6.46. The number of anilines is 4. The van der Waals surface area contributed by atoms with Gasteiger partial charge < -0.3 is 25.0 Å². The van der Waals surface area contributed by atoms with Crippen LogP contribution in [-0.4, -0.2) is 53.6 Å². The Bertz CT molecular complexity index is 1700. The molecule has 8 nitrogen and oxygen atoms in total. The molecule has 1 aliphatic heterocycles. The van der Waals surface area contributed by atoms with Gasteiger partial charge in [0.2, 0.25) is 0 Å². The molecular weight excluding hydrogens is 551 g/mol. The number of hydrogen-bond acceptors (Lipinski definition) is 7. The number of nitrogens with one attached hydrogen (secondary N) is 2. The molecule has 3 aromatic heterocycles. The summed E-state index contributed by atoms with van der Waals surface area (Å²) in [7, 11) is 3.80. The molecule has 1 aromatic carbocycles. The summed E-state index contributed by atoms with van der Waals surface area (Å²) in [4.78, 5) is 37.2.